The van der Waals surface area contributed by atoms with E-state index in [0.29, 0.717) is 37.6 Å². The molecule has 0 spiro atoms. The second-order valence-electron chi connectivity index (χ2n) is 6.70. The highest BCUT2D eigenvalue weighted by atomic mass is 35.5. The number of nitrogens with one attached hydrogen (secondary N) is 1. The maximum atomic E-state index is 10.5. The van der Waals surface area contributed by atoms with Gasteiger partial charge in [-0.3, -0.25) is 9.78 Å². The number of hydrogen-bond donors (Lipinski definition) is 1. The predicted molar refractivity (Wildman–Crippen MR) is 109 cm³/mol. The van der Waals surface area contributed by atoms with Gasteiger partial charge >= 0.3 is 0 Å². The molecule has 2 aromatic rings. The summed E-state index contributed by atoms with van der Waals surface area (Å²) in [5, 5.41) is 2.96. The third-order valence-corrected chi connectivity index (χ3v) is 4.50. The summed E-state index contributed by atoms with van der Waals surface area (Å²) in [6.07, 6.45) is 7.56. The number of ether oxygens (including phenoxy) is 3. The minimum Gasteiger partial charge on any atom is -0.480 e. The molecule has 1 saturated carbocycles. The van der Waals surface area contributed by atoms with Gasteiger partial charge < -0.3 is 19.5 Å². The molecule has 29 heavy (non-hydrogen) atoms. The quantitative estimate of drug-likeness (QED) is 0.653. The second kappa shape index (κ2) is 12.2. The maximum absolute atomic E-state index is 10.5. The van der Waals surface area contributed by atoms with Crippen LogP contribution in [0.1, 0.15) is 32.3 Å². The summed E-state index contributed by atoms with van der Waals surface area (Å²) in [7, 11) is 1.49. The Morgan fingerprint density at radius 3 is 2.69 bits per heavy atom. The topological polar surface area (TPSA) is 95.5 Å². The Labute approximate surface area is 176 Å². The lowest BCUT2D eigenvalue weighted by Crippen LogP contribution is -2.33. The minimum atomic E-state index is 0.0144. The van der Waals surface area contributed by atoms with Gasteiger partial charge in [-0.25, -0.2) is 9.97 Å². The lowest BCUT2D eigenvalue weighted by molar-refractivity contribution is -0.119. The van der Waals surface area contributed by atoms with E-state index in [1.54, 1.807) is 12.4 Å². The molecule has 8 nitrogen and oxygen atoms in total. The molecule has 158 valence electrons. The van der Waals surface area contributed by atoms with Crippen molar-refractivity contribution in [1.29, 1.82) is 0 Å². The van der Waals surface area contributed by atoms with Gasteiger partial charge in [0.2, 0.25) is 17.7 Å². The molecule has 9 heteroatoms. The SMILES string of the molecule is CC(=O)NCCOC1CC(C)C1.COc1ncnc(OCc2cccnc2)c1Cl. The molecule has 2 aromatic heterocycles. The number of carbonyl (C=O) groups is 1. The highest BCUT2D eigenvalue weighted by Gasteiger charge is 2.25. The van der Waals surface area contributed by atoms with Crippen LogP contribution in [0.15, 0.2) is 30.9 Å². The number of carbonyl (C=O) groups excluding carboxylic acids is 1. The van der Waals surface area contributed by atoms with Crippen molar-refractivity contribution >= 4 is 17.5 Å². The molecule has 0 aromatic carbocycles. The summed E-state index contributed by atoms with van der Waals surface area (Å²) < 4.78 is 15.9. The smallest absolute Gasteiger partial charge is 0.240 e. The van der Waals surface area contributed by atoms with Crippen molar-refractivity contribution in [3.63, 3.8) is 0 Å². The first kappa shape index (κ1) is 22.8. The van der Waals surface area contributed by atoms with E-state index in [1.807, 2.05) is 12.1 Å². The van der Waals surface area contributed by atoms with Gasteiger partial charge in [0.25, 0.3) is 0 Å². The van der Waals surface area contributed by atoms with Crippen LogP contribution < -0.4 is 14.8 Å². The lowest BCUT2D eigenvalue weighted by atomic mass is 9.84. The standard InChI is InChI=1S/C11H10ClN3O2.C9H17NO2/c1-16-10-9(12)11(15-7-14-10)17-6-8-3-2-4-13-5-8;1-7-5-9(6-7)12-4-3-10-8(2)11/h2-5,7H,6H2,1H3;7,9H,3-6H2,1-2H3,(H,10,11). The summed E-state index contributed by atoms with van der Waals surface area (Å²) in [4.78, 5) is 22.2. The Balaban J connectivity index is 0.000000221. The molecule has 0 saturated heterocycles. The zero-order valence-electron chi connectivity index (χ0n) is 16.9. The van der Waals surface area contributed by atoms with Gasteiger partial charge in [0.1, 0.15) is 12.9 Å². The molecule has 0 radical (unpaired) electrons. The molecule has 2 heterocycles. The third-order valence-electron chi connectivity index (χ3n) is 4.18. The van der Waals surface area contributed by atoms with Crippen LogP contribution in [0.5, 0.6) is 11.8 Å². The minimum absolute atomic E-state index is 0.0144. The average Bonchev–Trinajstić information content (AvgIpc) is 2.70. The van der Waals surface area contributed by atoms with Crippen molar-refractivity contribution in [1.82, 2.24) is 20.3 Å². The Hall–Kier alpha value is -2.45. The van der Waals surface area contributed by atoms with E-state index in [2.05, 4.69) is 27.2 Å². The van der Waals surface area contributed by atoms with Gasteiger partial charge in [-0.1, -0.05) is 24.6 Å². The number of amides is 1. The van der Waals surface area contributed by atoms with Crippen molar-refractivity contribution in [3.05, 3.63) is 41.4 Å². The van der Waals surface area contributed by atoms with Gasteiger partial charge in [-0.15, -0.1) is 0 Å². The number of aromatic nitrogens is 3. The fourth-order valence-corrected chi connectivity index (χ4v) is 2.86. The van der Waals surface area contributed by atoms with Gasteiger partial charge in [0.05, 0.1) is 19.8 Å². The number of hydrogen-bond acceptors (Lipinski definition) is 7. The third kappa shape index (κ3) is 8.21. The largest absolute Gasteiger partial charge is 0.480 e. The van der Waals surface area contributed by atoms with E-state index in [0.717, 1.165) is 11.5 Å². The highest BCUT2D eigenvalue weighted by Crippen LogP contribution is 2.30. The van der Waals surface area contributed by atoms with Crippen LogP contribution in [0.2, 0.25) is 5.02 Å². The van der Waals surface area contributed by atoms with Crippen molar-refractivity contribution in [2.75, 3.05) is 20.3 Å². The first-order valence-electron chi connectivity index (χ1n) is 9.41. The molecule has 0 unspecified atom stereocenters. The van der Waals surface area contributed by atoms with E-state index in [1.165, 1.54) is 33.2 Å². The molecular weight excluding hydrogens is 396 g/mol. The molecule has 1 amide bonds. The Bertz CT molecular complexity index is 757. The summed E-state index contributed by atoms with van der Waals surface area (Å²) in [5.74, 6) is 1.43. The van der Waals surface area contributed by atoms with Crippen molar-refractivity contribution < 1.29 is 19.0 Å². The first-order valence-corrected chi connectivity index (χ1v) is 9.79. The molecule has 1 fully saturated rings. The highest BCUT2D eigenvalue weighted by molar-refractivity contribution is 6.33. The monoisotopic (exact) mass is 422 g/mol. The van der Waals surface area contributed by atoms with Crippen LogP contribution in [0.3, 0.4) is 0 Å². The van der Waals surface area contributed by atoms with Gasteiger partial charge in [0, 0.05) is 31.4 Å². The summed E-state index contributed by atoms with van der Waals surface area (Å²) in [6.45, 7) is 5.38. The Kier molecular flexibility index (Phi) is 9.59. The summed E-state index contributed by atoms with van der Waals surface area (Å²) >= 11 is 5.98. The number of halogens is 1. The van der Waals surface area contributed by atoms with Gasteiger partial charge in [-0.05, 0) is 24.8 Å². The molecular formula is C20H27ClN4O4. The Morgan fingerprint density at radius 1 is 1.31 bits per heavy atom. The first-order chi connectivity index (χ1) is 14.0. The van der Waals surface area contributed by atoms with Gasteiger partial charge in [-0.2, -0.15) is 0 Å². The fourth-order valence-electron chi connectivity index (χ4n) is 2.63. The zero-order valence-corrected chi connectivity index (χ0v) is 17.7. The van der Waals surface area contributed by atoms with Crippen LogP contribution in [-0.4, -0.2) is 47.2 Å². The molecule has 1 N–H and O–H groups in total. The molecule has 3 rings (SSSR count). The lowest BCUT2D eigenvalue weighted by Gasteiger charge is -2.32. The summed E-state index contributed by atoms with van der Waals surface area (Å²) in [5.41, 5.74) is 0.932. The van der Waals surface area contributed by atoms with E-state index in [-0.39, 0.29) is 10.9 Å². The van der Waals surface area contributed by atoms with Crippen LogP contribution >= 0.6 is 11.6 Å². The molecule has 1 aliphatic carbocycles. The number of rotatable bonds is 8. The predicted octanol–water partition coefficient (Wildman–Crippen LogP) is 3.05. The van der Waals surface area contributed by atoms with Crippen LogP contribution in [0, 0.1) is 5.92 Å². The van der Waals surface area contributed by atoms with E-state index in [4.69, 9.17) is 25.8 Å². The van der Waals surface area contributed by atoms with Gasteiger partial charge in [0.15, 0.2) is 5.02 Å². The van der Waals surface area contributed by atoms with Crippen LogP contribution in [-0.2, 0) is 16.1 Å². The van der Waals surface area contributed by atoms with E-state index in [9.17, 15) is 4.79 Å². The molecule has 1 aliphatic rings. The molecule has 0 atom stereocenters. The maximum Gasteiger partial charge on any atom is 0.240 e. The van der Waals surface area contributed by atoms with Crippen LogP contribution in [0.25, 0.3) is 0 Å². The fraction of sp³-hybridized carbons (Fsp3) is 0.500. The van der Waals surface area contributed by atoms with Crippen molar-refractivity contribution in [2.45, 2.75) is 39.4 Å². The second-order valence-corrected chi connectivity index (χ2v) is 7.08. The van der Waals surface area contributed by atoms with E-state index >= 15 is 0 Å². The summed E-state index contributed by atoms with van der Waals surface area (Å²) in [6, 6.07) is 3.74. The van der Waals surface area contributed by atoms with Crippen LogP contribution in [0.4, 0.5) is 0 Å². The normalized spacial score (nSPS) is 17.4. The zero-order chi connectivity index (χ0) is 21.1. The average molecular weight is 423 g/mol. The number of methoxy groups -OCH3 is 1. The number of nitrogens with zero attached hydrogens (tertiary/aromatic N) is 3. The van der Waals surface area contributed by atoms with Crippen molar-refractivity contribution in [2.24, 2.45) is 5.92 Å². The Morgan fingerprint density at radius 2 is 2.07 bits per heavy atom. The molecule has 0 aliphatic heterocycles. The van der Waals surface area contributed by atoms with Crippen molar-refractivity contribution in [3.8, 4) is 11.8 Å². The van der Waals surface area contributed by atoms with E-state index < -0.39 is 0 Å². The molecule has 0 bridgehead atoms. The number of pyridine rings is 1.